The summed E-state index contributed by atoms with van der Waals surface area (Å²) in [6, 6.07) is 10.6. The summed E-state index contributed by atoms with van der Waals surface area (Å²) in [4.78, 5) is 26.6. The van der Waals surface area contributed by atoms with Gasteiger partial charge in [0, 0.05) is 0 Å². The van der Waals surface area contributed by atoms with Crippen LogP contribution in [0.3, 0.4) is 0 Å². The number of carbonyl (C=O) groups is 2. The number of benzene rings is 1. The summed E-state index contributed by atoms with van der Waals surface area (Å²) in [5.74, 6) is -1.10. The second kappa shape index (κ2) is 6.51. The van der Waals surface area contributed by atoms with E-state index in [0.29, 0.717) is 5.69 Å². The Balaban J connectivity index is 1.97. The average molecular weight is 286 g/mol. The van der Waals surface area contributed by atoms with Gasteiger partial charge in [-0.2, -0.15) is 0 Å². The van der Waals surface area contributed by atoms with Crippen molar-refractivity contribution in [1.29, 1.82) is 0 Å². The Morgan fingerprint density at radius 1 is 1.29 bits per heavy atom. The quantitative estimate of drug-likeness (QED) is 0.902. The fourth-order valence-electron chi connectivity index (χ4n) is 1.70. The third-order valence-electron chi connectivity index (χ3n) is 2.78. The minimum Gasteiger partial charge on any atom is -0.478 e. The van der Waals surface area contributed by atoms with Crippen molar-refractivity contribution in [3.05, 3.63) is 59.4 Å². The van der Waals surface area contributed by atoms with Gasteiger partial charge in [-0.1, -0.05) is 30.3 Å². The summed E-state index contributed by atoms with van der Waals surface area (Å²) < 4.78 is 5.04. The number of carboxylic acid groups (broad SMARTS) is 1. The van der Waals surface area contributed by atoms with E-state index in [-0.39, 0.29) is 17.9 Å². The number of ether oxygens (including phenoxy) is 1. The summed E-state index contributed by atoms with van der Waals surface area (Å²) >= 11 is 0. The first-order valence-corrected chi connectivity index (χ1v) is 6.24. The molecule has 2 rings (SSSR count). The molecule has 0 fully saturated rings. The maximum atomic E-state index is 11.6. The third-order valence-corrected chi connectivity index (χ3v) is 2.78. The molecule has 0 bridgehead atoms. The van der Waals surface area contributed by atoms with E-state index in [1.54, 1.807) is 6.92 Å². The van der Waals surface area contributed by atoms with Gasteiger partial charge in [0.1, 0.15) is 6.61 Å². The fourth-order valence-corrected chi connectivity index (χ4v) is 1.70. The van der Waals surface area contributed by atoms with Crippen molar-refractivity contribution in [2.45, 2.75) is 13.5 Å². The largest absolute Gasteiger partial charge is 0.478 e. The van der Waals surface area contributed by atoms with Gasteiger partial charge >= 0.3 is 12.1 Å². The number of rotatable bonds is 4. The molecule has 6 nitrogen and oxygen atoms in total. The Morgan fingerprint density at radius 2 is 2.00 bits per heavy atom. The zero-order valence-electron chi connectivity index (χ0n) is 11.4. The fraction of sp³-hybridized carbons (Fsp3) is 0.133. The van der Waals surface area contributed by atoms with Gasteiger partial charge in [0.25, 0.3) is 0 Å². The van der Waals surface area contributed by atoms with Crippen LogP contribution in [0.15, 0.2) is 42.6 Å². The van der Waals surface area contributed by atoms with Gasteiger partial charge < -0.3 is 9.84 Å². The normalized spacial score (nSPS) is 9.95. The Morgan fingerprint density at radius 3 is 2.67 bits per heavy atom. The monoisotopic (exact) mass is 286 g/mol. The zero-order chi connectivity index (χ0) is 15.2. The van der Waals surface area contributed by atoms with Crippen molar-refractivity contribution in [1.82, 2.24) is 4.98 Å². The molecule has 1 amide bonds. The zero-order valence-corrected chi connectivity index (χ0v) is 11.4. The number of aromatic carboxylic acids is 1. The molecule has 1 aromatic carbocycles. The molecule has 6 heteroatoms. The number of pyridine rings is 1. The van der Waals surface area contributed by atoms with E-state index in [2.05, 4.69) is 10.3 Å². The number of amides is 1. The summed E-state index contributed by atoms with van der Waals surface area (Å²) in [5, 5.41) is 11.4. The van der Waals surface area contributed by atoms with Crippen molar-refractivity contribution in [3.63, 3.8) is 0 Å². The van der Waals surface area contributed by atoms with Crippen LogP contribution in [-0.4, -0.2) is 22.2 Å². The molecule has 0 radical (unpaired) electrons. The molecule has 2 aromatic rings. The van der Waals surface area contributed by atoms with E-state index in [0.717, 1.165) is 5.56 Å². The van der Waals surface area contributed by atoms with Gasteiger partial charge in [-0.15, -0.1) is 0 Å². The van der Waals surface area contributed by atoms with Crippen LogP contribution in [0.1, 0.15) is 21.6 Å². The molecule has 2 N–H and O–H groups in total. The predicted octanol–water partition coefficient (Wildman–Crippen LogP) is 2.84. The molecule has 0 aliphatic rings. The minimum atomic E-state index is -1.10. The van der Waals surface area contributed by atoms with E-state index < -0.39 is 12.1 Å². The van der Waals surface area contributed by atoms with Gasteiger partial charge in [-0.3, -0.25) is 10.3 Å². The van der Waals surface area contributed by atoms with E-state index in [4.69, 9.17) is 9.84 Å². The molecule has 1 heterocycles. The van der Waals surface area contributed by atoms with Crippen LogP contribution >= 0.6 is 0 Å². The first-order chi connectivity index (χ1) is 10.1. The molecule has 0 atom stereocenters. The Bertz CT molecular complexity index is 656. The van der Waals surface area contributed by atoms with Gasteiger partial charge in [-0.25, -0.2) is 9.59 Å². The summed E-state index contributed by atoms with van der Waals surface area (Å²) in [5.41, 5.74) is 1.55. The number of aromatic nitrogens is 1. The second-order valence-corrected chi connectivity index (χ2v) is 4.35. The second-order valence-electron chi connectivity index (χ2n) is 4.35. The molecule has 0 saturated heterocycles. The van der Waals surface area contributed by atoms with Crippen molar-refractivity contribution < 1.29 is 19.4 Å². The number of hydrogen-bond acceptors (Lipinski definition) is 4. The smallest absolute Gasteiger partial charge is 0.412 e. The van der Waals surface area contributed by atoms with Crippen LogP contribution in [0.5, 0.6) is 0 Å². The molecule has 21 heavy (non-hydrogen) atoms. The average Bonchev–Trinajstić information content (AvgIpc) is 2.48. The lowest BCUT2D eigenvalue weighted by molar-refractivity contribution is 0.0695. The standard InChI is InChI=1S/C15H14N2O4/c1-10-13(14(18)19)7-12(8-16-10)17-15(20)21-9-11-5-3-2-4-6-11/h2-8H,9H2,1H3,(H,17,20)(H,18,19). The number of nitrogens with zero attached hydrogens (tertiary/aromatic N) is 1. The van der Waals surface area contributed by atoms with Gasteiger partial charge in [0.15, 0.2) is 0 Å². The van der Waals surface area contributed by atoms with Crippen LogP contribution in [-0.2, 0) is 11.3 Å². The van der Waals surface area contributed by atoms with Crippen molar-refractivity contribution >= 4 is 17.7 Å². The molecule has 0 aliphatic heterocycles. The van der Waals surface area contributed by atoms with E-state index >= 15 is 0 Å². The van der Waals surface area contributed by atoms with Gasteiger partial charge in [-0.05, 0) is 18.6 Å². The van der Waals surface area contributed by atoms with Crippen LogP contribution in [0.25, 0.3) is 0 Å². The molecule has 0 spiro atoms. The highest BCUT2D eigenvalue weighted by atomic mass is 16.5. The molecule has 0 unspecified atom stereocenters. The molecular formula is C15H14N2O4. The maximum absolute atomic E-state index is 11.6. The topological polar surface area (TPSA) is 88.5 Å². The number of carboxylic acids is 1. The lowest BCUT2D eigenvalue weighted by Gasteiger charge is -2.08. The molecule has 0 saturated carbocycles. The van der Waals surface area contributed by atoms with Crippen molar-refractivity contribution in [2.75, 3.05) is 5.32 Å². The van der Waals surface area contributed by atoms with Crippen molar-refractivity contribution in [2.24, 2.45) is 0 Å². The number of carbonyl (C=O) groups excluding carboxylic acids is 1. The summed E-state index contributed by atoms with van der Waals surface area (Å²) in [6.45, 7) is 1.72. The Labute approximate surface area is 121 Å². The minimum absolute atomic E-state index is 0.0378. The van der Waals surface area contributed by atoms with E-state index in [1.165, 1.54) is 12.3 Å². The lowest BCUT2D eigenvalue weighted by atomic mass is 10.2. The number of aryl methyl sites for hydroxylation is 1. The SMILES string of the molecule is Cc1ncc(NC(=O)OCc2ccccc2)cc1C(=O)O. The Hall–Kier alpha value is -2.89. The van der Waals surface area contributed by atoms with Gasteiger partial charge in [0.05, 0.1) is 23.1 Å². The van der Waals surface area contributed by atoms with Crippen LogP contribution in [0, 0.1) is 6.92 Å². The third kappa shape index (κ3) is 4.04. The van der Waals surface area contributed by atoms with Crippen molar-refractivity contribution in [3.8, 4) is 0 Å². The van der Waals surface area contributed by atoms with E-state index in [1.807, 2.05) is 30.3 Å². The number of anilines is 1. The highest BCUT2D eigenvalue weighted by Crippen LogP contribution is 2.13. The van der Waals surface area contributed by atoms with E-state index in [9.17, 15) is 9.59 Å². The first kappa shape index (κ1) is 14.5. The number of nitrogens with one attached hydrogen (secondary N) is 1. The molecule has 0 aliphatic carbocycles. The highest BCUT2D eigenvalue weighted by Gasteiger charge is 2.11. The molecule has 108 valence electrons. The Kier molecular flexibility index (Phi) is 4.50. The molecule has 1 aromatic heterocycles. The lowest BCUT2D eigenvalue weighted by Crippen LogP contribution is -2.14. The highest BCUT2D eigenvalue weighted by molar-refractivity contribution is 5.92. The molecular weight excluding hydrogens is 272 g/mol. The van der Waals surface area contributed by atoms with Crippen LogP contribution in [0.4, 0.5) is 10.5 Å². The maximum Gasteiger partial charge on any atom is 0.412 e. The predicted molar refractivity (Wildman–Crippen MR) is 76.2 cm³/mol. The number of hydrogen-bond donors (Lipinski definition) is 2. The summed E-state index contributed by atoms with van der Waals surface area (Å²) in [7, 11) is 0. The first-order valence-electron chi connectivity index (χ1n) is 6.24. The van der Waals surface area contributed by atoms with Gasteiger partial charge in [0.2, 0.25) is 0 Å². The van der Waals surface area contributed by atoms with Crippen LogP contribution in [0.2, 0.25) is 0 Å². The van der Waals surface area contributed by atoms with Crippen LogP contribution < -0.4 is 5.32 Å². The summed E-state index contributed by atoms with van der Waals surface area (Å²) in [6.07, 6.45) is 0.715.